The molecule has 0 saturated carbocycles. The number of nitrogens with one attached hydrogen (secondary N) is 2. The van der Waals surface area contributed by atoms with Crippen LogP contribution in [0.15, 0.2) is 52.1 Å². The maximum atomic E-state index is 10.7. The Morgan fingerprint density at radius 2 is 1.96 bits per heavy atom. The first-order valence-electron chi connectivity index (χ1n) is 9.22. The lowest BCUT2D eigenvalue weighted by Gasteiger charge is -2.12. The molecule has 1 aromatic carbocycles. The van der Waals surface area contributed by atoms with Gasteiger partial charge in [-0.2, -0.15) is 0 Å². The zero-order valence-electron chi connectivity index (χ0n) is 16.1. The van der Waals surface area contributed by atoms with Gasteiger partial charge in [0.25, 0.3) is 5.91 Å². The van der Waals surface area contributed by atoms with Gasteiger partial charge in [-0.05, 0) is 42.7 Å². The molecule has 8 heteroatoms. The van der Waals surface area contributed by atoms with Crippen molar-refractivity contribution < 1.29 is 18.7 Å². The molecule has 0 atom stereocenters. The van der Waals surface area contributed by atoms with Crippen molar-refractivity contribution >= 4 is 11.9 Å². The second-order valence-corrected chi connectivity index (χ2v) is 6.06. The van der Waals surface area contributed by atoms with Crippen molar-refractivity contribution in [1.82, 2.24) is 10.6 Å². The molecule has 2 aromatic rings. The van der Waals surface area contributed by atoms with Crippen molar-refractivity contribution in [1.29, 1.82) is 0 Å². The van der Waals surface area contributed by atoms with E-state index in [0.717, 1.165) is 43.2 Å². The molecule has 0 saturated heterocycles. The number of rotatable bonds is 12. The molecule has 1 aromatic heterocycles. The minimum absolute atomic E-state index is 0.114. The Bertz CT molecular complexity index is 714. The number of carbonyl (C=O) groups is 1. The molecule has 0 aliphatic heterocycles. The SMILES string of the molecule is CN=C(NCCCOCc1ccco1)NCCc1ccc(OCC(N)=O)cc1. The number of hydrogen-bond acceptors (Lipinski definition) is 5. The van der Waals surface area contributed by atoms with E-state index in [1.54, 1.807) is 13.3 Å². The highest BCUT2D eigenvalue weighted by atomic mass is 16.5. The standard InChI is InChI=1S/C20H28N4O4/c1-22-20(23-10-3-12-26-14-18-4-2-13-27-18)24-11-9-16-5-7-17(8-6-16)28-15-19(21)25/h2,4-8,13H,3,9-12,14-15H2,1H3,(H2,21,25)(H2,22,23,24). The molecule has 8 nitrogen and oxygen atoms in total. The Hall–Kier alpha value is -3.00. The van der Waals surface area contributed by atoms with E-state index in [-0.39, 0.29) is 6.61 Å². The largest absolute Gasteiger partial charge is 0.484 e. The van der Waals surface area contributed by atoms with Crippen LogP contribution in [0.4, 0.5) is 0 Å². The van der Waals surface area contributed by atoms with Crippen LogP contribution in [0.5, 0.6) is 5.75 Å². The van der Waals surface area contributed by atoms with Gasteiger partial charge in [0.05, 0.1) is 6.26 Å². The fourth-order valence-electron chi connectivity index (χ4n) is 2.40. The first-order chi connectivity index (χ1) is 13.7. The first kappa shape index (κ1) is 21.3. The van der Waals surface area contributed by atoms with Gasteiger partial charge >= 0.3 is 0 Å². The predicted molar refractivity (Wildman–Crippen MR) is 107 cm³/mol. The van der Waals surface area contributed by atoms with E-state index in [1.165, 1.54) is 0 Å². The summed E-state index contributed by atoms with van der Waals surface area (Å²) in [6.07, 6.45) is 3.35. The van der Waals surface area contributed by atoms with Crippen LogP contribution in [0.2, 0.25) is 0 Å². The normalized spacial score (nSPS) is 11.2. The second kappa shape index (κ2) is 12.4. The smallest absolute Gasteiger partial charge is 0.255 e. The van der Waals surface area contributed by atoms with Gasteiger partial charge < -0.3 is 30.3 Å². The first-order valence-corrected chi connectivity index (χ1v) is 9.22. The minimum Gasteiger partial charge on any atom is -0.484 e. The minimum atomic E-state index is -0.490. The van der Waals surface area contributed by atoms with Crippen LogP contribution in [-0.2, 0) is 22.6 Å². The third kappa shape index (κ3) is 8.59. The number of aliphatic imine (C=N–C) groups is 1. The molecule has 152 valence electrons. The summed E-state index contributed by atoms with van der Waals surface area (Å²) in [5.74, 6) is 1.73. The Morgan fingerprint density at radius 3 is 2.64 bits per heavy atom. The number of nitrogens with zero attached hydrogens (tertiary/aromatic N) is 1. The number of hydrogen-bond donors (Lipinski definition) is 3. The Morgan fingerprint density at radius 1 is 1.18 bits per heavy atom. The summed E-state index contributed by atoms with van der Waals surface area (Å²) >= 11 is 0. The molecule has 2 rings (SSSR count). The van der Waals surface area contributed by atoms with Gasteiger partial charge in [-0.25, -0.2) is 0 Å². The maximum Gasteiger partial charge on any atom is 0.255 e. The quantitative estimate of drug-likeness (QED) is 0.288. The number of amides is 1. The highest BCUT2D eigenvalue weighted by molar-refractivity contribution is 5.79. The molecule has 0 unspecified atom stereocenters. The lowest BCUT2D eigenvalue weighted by atomic mass is 10.1. The van der Waals surface area contributed by atoms with Gasteiger partial charge in [-0.1, -0.05) is 12.1 Å². The molecule has 0 aliphatic carbocycles. The fourth-order valence-corrected chi connectivity index (χ4v) is 2.40. The van der Waals surface area contributed by atoms with E-state index >= 15 is 0 Å². The van der Waals surface area contributed by atoms with Crippen LogP contribution in [0.25, 0.3) is 0 Å². The van der Waals surface area contributed by atoms with Crippen molar-refractivity contribution in [2.75, 3.05) is 33.4 Å². The van der Waals surface area contributed by atoms with Crippen molar-refractivity contribution in [3.05, 3.63) is 54.0 Å². The van der Waals surface area contributed by atoms with Crippen LogP contribution in [0, 0.1) is 0 Å². The Kier molecular flexibility index (Phi) is 9.43. The molecular formula is C20H28N4O4. The zero-order chi connectivity index (χ0) is 20.0. The van der Waals surface area contributed by atoms with Crippen molar-refractivity contribution in [2.45, 2.75) is 19.4 Å². The summed E-state index contributed by atoms with van der Waals surface area (Å²) < 4.78 is 16.0. The topological polar surface area (TPSA) is 111 Å². The van der Waals surface area contributed by atoms with Crippen LogP contribution in [0.3, 0.4) is 0 Å². The van der Waals surface area contributed by atoms with Crippen LogP contribution in [-0.4, -0.2) is 45.2 Å². The van der Waals surface area contributed by atoms with E-state index in [0.29, 0.717) is 19.0 Å². The predicted octanol–water partition coefficient (Wildman–Crippen LogP) is 1.46. The van der Waals surface area contributed by atoms with Gasteiger partial charge in [0.1, 0.15) is 18.1 Å². The lowest BCUT2D eigenvalue weighted by molar-refractivity contribution is -0.119. The maximum absolute atomic E-state index is 10.7. The highest BCUT2D eigenvalue weighted by Crippen LogP contribution is 2.12. The summed E-state index contributed by atoms with van der Waals surface area (Å²) in [6, 6.07) is 11.3. The molecule has 0 bridgehead atoms. The number of guanidine groups is 1. The molecule has 0 radical (unpaired) electrons. The number of nitrogens with two attached hydrogens (primary N) is 1. The highest BCUT2D eigenvalue weighted by Gasteiger charge is 2.01. The summed E-state index contributed by atoms with van der Waals surface area (Å²) in [4.78, 5) is 14.9. The van der Waals surface area contributed by atoms with E-state index in [1.807, 2.05) is 36.4 Å². The summed E-state index contributed by atoms with van der Waals surface area (Å²) in [7, 11) is 1.74. The molecule has 0 aliphatic rings. The second-order valence-electron chi connectivity index (χ2n) is 6.06. The van der Waals surface area contributed by atoms with Crippen LogP contribution < -0.4 is 21.1 Å². The Balaban J connectivity index is 1.55. The van der Waals surface area contributed by atoms with Crippen molar-refractivity contribution in [3.63, 3.8) is 0 Å². The zero-order valence-corrected chi connectivity index (χ0v) is 16.1. The number of furan rings is 1. The van der Waals surface area contributed by atoms with E-state index in [2.05, 4.69) is 15.6 Å². The van der Waals surface area contributed by atoms with E-state index in [4.69, 9.17) is 19.6 Å². The Labute approximate surface area is 165 Å². The monoisotopic (exact) mass is 388 g/mol. The van der Waals surface area contributed by atoms with E-state index < -0.39 is 5.91 Å². The number of primary amides is 1. The molecule has 0 spiro atoms. The third-order valence-electron chi connectivity index (χ3n) is 3.82. The number of benzene rings is 1. The van der Waals surface area contributed by atoms with Crippen LogP contribution >= 0.6 is 0 Å². The van der Waals surface area contributed by atoms with Gasteiger partial charge in [-0.15, -0.1) is 0 Å². The van der Waals surface area contributed by atoms with Gasteiger partial charge in [0.15, 0.2) is 12.6 Å². The lowest BCUT2D eigenvalue weighted by Crippen LogP contribution is -2.39. The molecule has 4 N–H and O–H groups in total. The summed E-state index contributed by atoms with van der Waals surface area (Å²) in [5.41, 5.74) is 6.21. The van der Waals surface area contributed by atoms with Gasteiger partial charge in [0.2, 0.25) is 0 Å². The summed E-state index contributed by atoms with van der Waals surface area (Å²) in [6.45, 7) is 2.54. The average Bonchev–Trinajstić information content (AvgIpc) is 3.22. The molecule has 1 heterocycles. The molecular weight excluding hydrogens is 360 g/mol. The summed E-state index contributed by atoms with van der Waals surface area (Å²) in [5, 5.41) is 6.53. The molecule has 1 amide bonds. The fraction of sp³-hybridized carbons (Fsp3) is 0.400. The number of ether oxygens (including phenoxy) is 2. The van der Waals surface area contributed by atoms with Crippen molar-refractivity contribution in [2.24, 2.45) is 10.7 Å². The van der Waals surface area contributed by atoms with Gasteiger partial charge in [0, 0.05) is 26.7 Å². The molecule has 0 fully saturated rings. The van der Waals surface area contributed by atoms with Crippen molar-refractivity contribution in [3.8, 4) is 5.75 Å². The third-order valence-corrected chi connectivity index (χ3v) is 3.82. The number of carbonyl (C=O) groups excluding carboxylic acids is 1. The molecule has 28 heavy (non-hydrogen) atoms. The van der Waals surface area contributed by atoms with E-state index in [9.17, 15) is 4.79 Å². The average molecular weight is 388 g/mol. The van der Waals surface area contributed by atoms with Gasteiger partial charge in [-0.3, -0.25) is 9.79 Å². The van der Waals surface area contributed by atoms with Crippen LogP contribution in [0.1, 0.15) is 17.7 Å².